The van der Waals surface area contributed by atoms with Gasteiger partial charge in [-0.15, -0.1) is 0 Å². The molecule has 2 heterocycles. The van der Waals surface area contributed by atoms with E-state index in [0.717, 1.165) is 6.61 Å². The lowest BCUT2D eigenvalue weighted by Gasteiger charge is -2.06. The maximum atomic E-state index is 5.25. The van der Waals surface area contributed by atoms with Crippen LogP contribution in [0.25, 0.3) is 0 Å². The number of ether oxygens (including phenoxy) is 4. The molecule has 4 heteroatoms. The highest BCUT2D eigenvalue weighted by molar-refractivity contribution is 4.67. The third-order valence-corrected chi connectivity index (χ3v) is 1.46. The average molecular weight is 146 g/mol. The molecule has 2 rings (SSSR count). The van der Waals surface area contributed by atoms with Crippen LogP contribution in [0.4, 0.5) is 0 Å². The van der Waals surface area contributed by atoms with E-state index >= 15 is 0 Å². The topological polar surface area (TPSA) is 40.2 Å². The van der Waals surface area contributed by atoms with Crippen molar-refractivity contribution in [3.8, 4) is 0 Å². The first kappa shape index (κ1) is 6.54. The monoisotopic (exact) mass is 146 g/mol. The molecule has 2 aliphatic heterocycles. The van der Waals surface area contributed by atoms with Crippen LogP contribution >= 0.6 is 0 Å². The van der Waals surface area contributed by atoms with Gasteiger partial charge in [0.25, 0.3) is 0 Å². The molecule has 0 bridgehead atoms. The normalized spacial score (nSPS) is 38.4. The molecule has 0 aromatic carbocycles. The minimum absolute atomic E-state index is 0.163. The summed E-state index contributed by atoms with van der Waals surface area (Å²) < 4.78 is 20.2. The molecule has 0 N–H and O–H groups in total. The molecule has 0 aliphatic carbocycles. The van der Waals surface area contributed by atoms with E-state index in [-0.39, 0.29) is 6.29 Å². The maximum Gasteiger partial charge on any atom is 0.183 e. The molecule has 2 fully saturated rings. The highest BCUT2D eigenvalue weighted by Gasteiger charge is 2.25. The maximum absolute atomic E-state index is 5.25. The van der Waals surface area contributed by atoms with Crippen molar-refractivity contribution in [3.05, 3.63) is 0 Å². The second kappa shape index (κ2) is 2.84. The molecule has 0 amide bonds. The van der Waals surface area contributed by atoms with Crippen LogP contribution in [-0.4, -0.2) is 39.0 Å². The third-order valence-electron chi connectivity index (χ3n) is 1.46. The van der Waals surface area contributed by atoms with Crippen LogP contribution in [0.2, 0.25) is 0 Å². The third kappa shape index (κ3) is 1.67. The van der Waals surface area contributed by atoms with Gasteiger partial charge in [-0.25, -0.2) is 0 Å². The number of hydrogen-bond acceptors (Lipinski definition) is 4. The van der Waals surface area contributed by atoms with Gasteiger partial charge in [-0.1, -0.05) is 0 Å². The Morgan fingerprint density at radius 1 is 1.30 bits per heavy atom. The Kier molecular flexibility index (Phi) is 1.86. The zero-order chi connectivity index (χ0) is 6.81. The van der Waals surface area contributed by atoms with Crippen LogP contribution < -0.4 is 0 Å². The summed E-state index contributed by atoms with van der Waals surface area (Å²) in [5.74, 6) is 0. The Hall–Kier alpha value is -0.160. The Balaban J connectivity index is 1.59. The Bertz CT molecular complexity index is 106. The first-order chi connectivity index (χ1) is 4.95. The van der Waals surface area contributed by atoms with Gasteiger partial charge >= 0.3 is 0 Å². The second-order valence-corrected chi connectivity index (χ2v) is 2.37. The largest absolute Gasteiger partial charge is 0.371 e. The Morgan fingerprint density at radius 3 is 2.80 bits per heavy atom. The Labute approximate surface area is 59.0 Å². The minimum atomic E-state index is -0.163. The molecule has 58 valence electrons. The van der Waals surface area contributed by atoms with Crippen molar-refractivity contribution >= 4 is 0 Å². The lowest BCUT2D eigenvalue weighted by Crippen LogP contribution is -2.17. The van der Waals surface area contributed by atoms with Gasteiger partial charge in [0.1, 0.15) is 19.5 Å². The molecular weight excluding hydrogens is 136 g/mol. The van der Waals surface area contributed by atoms with E-state index < -0.39 is 0 Å². The SMILES string of the molecule is C1OCC(OCC2CO2)O1. The second-order valence-electron chi connectivity index (χ2n) is 2.37. The molecule has 2 aliphatic rings. The summed E-state index contributed by atoms with van der Waals surface area (Å²) in [6.45, 7) is 2.37. The van der Waals surface area contributed by atoms with Crippen molar-refractivity contribution in [2.45, 2.75) is 12.4 Å². The lowest BCUT2D eigenvalue weighted by atomic mass is 10.5. The summed E-state index contributed by atoms with van der Waals surface area (Å²) in [4.78, 5) is 0. The van der Waals surface area contributed by atoms with Crippen molar-refractivity contribution in [3.63, 3.8) is 0 Å². The summed E-state index contributed by atoms with van der Waals surface area (Å²) >= 11 is 0. The lowest BCUT2D eigenvalue weighted by molar-refractivity contribution is -0.109. The van der Waals surface area contributed by atoms with Crippen molar-refractivity contribution in [1.82, 2.24) is 0 Å². The van der Waals surface area contributed by atoms with Gasteiger partial charge < -0.3 is 18.9 Å². The highest BCUT2D eigenvalue weighted by atomic mass is 16.8. The molecule has 2 saturated heterocycles. The predicted octanol–water partition coefficient (Wildman–Crippen LogP) is -0.268. The summed E-state index contributed by atoms with van der Waals surface area (Å²) in [6, 6.07) is 0. The van der Waals surface area contributed by atoms with Gasteiger partial charge in [-0.2, -0.15) is 0 Å². The van der Waals surface area contributed by atoms with E-state index in [0.29, 0.717) is 26.1 Å². The number of hydrogen-bond donors (Lipinski definition) is 0. The van der Waals surface area contributed by atoms with Gasteiger partial charge in [0.15, 0.2) is 6.29 Å². The Morgan fingerprint density at radius 2 is 2.20 bits per heavy atom. The van der Waals surface area contributed by atoms with Crippen molar-refractivity contribution in [2.24, 2.45) is 0 Å². The van der Waals surface area contributed by atoms with Gasteiger partial charge in [0.05, 0.1) is 13.2 Å². The van der Waals surface area contributed by atoms with E-state index in [4.69, 9.17) is 18.9 Å². The summed E-state index contributed by atoms with van der Waals surface area (Å²) in [5, 5.41) is 0. The smallest absolute Gasteiger partial charge is 0.183 e. The zero-order valence-electron chi connectivity index (χ0n) is 5.62. The zero-order valence-corrected chi connectivity index (χ0v) is 5.62. The van der Waals surface area contributed by atoms with Gasteiger partial charge in [-0.3, -0.25) is 0 Å². The highest BCUT2D eigenvalue weighted by Crippen LogP contribution is 2.12. The molecule has 4 nitrogen and oxygen atoms in total. The predicted molar refractivity (Wildman–Crippen MR) is 31.4 cm³/mol. The fourth-order valence-corrected chi connectivity index (χ4v) is 0.792. The molecule has 2 unspecified atom stereocenters. The van der Waals surface area contributed by atoms with Crippen LogP contribution in [0, 0.1) is 0 Å². The van der Waals surface area contributed by atoms with Gasteiger partial charge in [-0.05, 0) is 0 Å². The molecule has 0 aromatic heterocycles. The van der Waals surface area contributed by atoms with Gasteiger partial charge in [0.2, 0.25) is 0 Å². The molecule has 0 saturated carbocycles. The standard InChI is InChI=1S/C6H10O4/c1-5(8-1)2-9-6-3-7-4-10-6/h5-6H,1-4H2. The van der Waals surface area contributed by atoms with E-state index in [2.05, 4.69) is 0 Å². The van der Waals surface area contributed by atoms with E-state index in [1.165, 1.54) is 0 Å². The minimum Gasteiger partial charge on any atom is -0.371 e. The number of epoxide rings is 1. The van der Waals surface area contributed by atoms with Gasteiger partial charge in [0, 0.05) is 0 Å². The van der Waals surface area contributed by atoms with Crippen molar-refractivity contribution in [2.75, 3.05) is 26.6 Å². The first-order valence-corrected chi connectivity index (χ1v) is 3.38. The first-order valence-electron chi connectivity index (χ1n) is 3.38. The molecule has 0 spiro atoms. The quantitative estimate of drug-likeness (QED) is 0.514. The summed E-state index contributed by atoms with van der Waals surface area (Å²) in [7, 11) is 0. The average Bonchev–Trinajstić information content (AvgIpc) is 2.63. The fourth-order valence-electron chi connectivity index (χ4n) is 0.792. The summed E-state index contributed by atoms with van der Waals surface area (Å²) in [6.07, 6.45) is 0.147. The van der Waals surface area contributed by atoms with Crippen LogP contribution in [0.5, 0.6) is 0 Å². The number of rotatable bonds is 3. The molecule has 0 aromatic rings. The molecular formula is C6H10O4. The van der Waals surface area contributed by atoms with Crippen molar-refractivity contribution < 1.29 is 18.9 Å². The molecule has 2 atom stereocenters. The van der Waals surface area contributed by atoms with Crippen LogP contribution in [0.3, 0.4) is 0 Å². The van der Waals surface area contributed by atoms with Crippen LogP contribution in [0.1, 0.15) is 0 Å². The van der Waals surface area contributed by atoms with E-state index in [1.807, 2.05) is 0 Å². The van der Waals surface area contributed by atoms with Crippen molar-refractivity contribution in [1.29, 1.82) is 0 Å². The van der Waals surface area contributed by atoms with Crippen LogP contribution in [0.15, 0.2) is 0 Å². The summed E-state index contributed by atoms with van der Waals surface area (Å²) in [5.41, 5.74) is 0. The van der Waals surface area contributed by atoms with Crippen LogP contribution in [-0.2, 0) is 18.9 Å². The fraction of sp³-hybridized carbons (Fsp3) is 1.00. The molecule has 10 heavy (non-hydrogen) atoms. The van der Waals surface area contributed by atoms with E-state index in [9.17, 15) is 0 Å². The van der Waals surface area contributed by atoms with E-state index in [1.54, 1.807) is 0 Å². The molecule has 0 radical (unpaired) electrons.